The van der Waals surface area contributed by atoms with Crippen molar-refractivity contribution < 1.29 is 31.8 Å². The van der Waals surface area contributed by atoms with Gasteiger partial charge in [0.2, 0.25) is 5.69 Å². The molecule has 2 aromatic carbocycles. The second kappa shape index (κ2) is 11.0. The Hall–Kier alpha value is -2.63. The summed E-state index contributed by atoms with van der Waals surface area (Å²) in [5, 5.41) is 7.65. The summed E-state index contributed by atoms with van der Waals surface area (Å²) < 4.78 is 37.8. The van der Waals surface area contributed by atoms with E-state index in [1.807, 2.05) is 66.9 Å². The van der Waals surface area contributed by atoms with E-state index in [1.165, 1.54) is 0 Å². The van der Waals surface area contributed by atoms with E-state index in [2.05, 4.69) is 46.0 Å². The molecule has 0 amide bonds. The zero-order valence-corrected chi connectivity index (χ0v) is 20.1. The number of para-hydroxylation sites is 1. The molecule has 0 saturated heterocycles. The van der Waals surface area contributed by atoms with E-state index in [4.69, 9.17) is 9.44 Å². The fourth-order valence-corrected chi connectivity index (χ4v) is 4.31. The van der Waals surface area contributed by atoms with Crippen LogP contribution in [0.4, 0.5) is 11.4 Å². The number of hydrogen-bond donors (Lipinski definition) is 3. The molecule has 0 aliphatic carbocycles. The standard InChI is InChI=1S/C23H26N2O6S2/c1-23(2)20-17-19(29-30-31-32)12-13-21(20)25(15-8-16-33(26,27)28)22(23)11-6-7-14-24-18-9-4-3-5-10-18/h3-7,9-14,17H,8,15-16H2,1-2H3,(H2,26,27,28,32)/p+1. The van der Waals surface area contributed by atoms with Crippen LogP contribution in [-0.2, 0) is 24.9 Å². The van der Waals surface area contributed by atoms with E-state index >= 15 is 0 Å². The number of nitrogens with zero attached hydrogens (tertiary/aromatic N) is 1. The SMILES string of the molecule is CC1(C)C(/C=C/C=C/Nc2ccccc2)=[N+](CCCS(=O)(=O)O)c2ccc(OOOS)cc21. The Bertz CT molecular complexity index is 1160. The van der Waals surface area contributed by atoms with E-state index in [1.54, 1.807) is 6.07 Å². The predicted molar refractivity (Wildman–Crippen MR) is 130 cm³/mol. The highest BCUT2D eigenvalue weighted by atomic mass is 32.2. The first-order valence-electron chi connectivity index (χ1n) is 10.3. The molecule has 0 unspecified atom stereocenters. The second-order valence-electron chi connectivity index (χ2n) is 7.93. The summed E-state index contributed by atoms with van der Waals surface area (Å²) in [6.07, 6.45) is 7.91. The molecule has 0 radical (unpaired) electrons. The molecular formula is C23H27N2O6S2+. The van der Waals surface area contributed by atoms with Crippen molar-refractivity contribution in [3.8, 4) is 5.75 Å². The quantitative estimate of drug-likeness (QED) is 0.0803. The highest BCUT2D eigenvalue weighted by Crippen LogP contribution is 2.42. The summed E-state index contributed by atoms with van der Waals surface area (Å²) in [6, 6.07) is 15.2. The van der Waals surface area contributed by atoms with Crippen LogP contribution in [0.2, 0.25) is 0 Å². The first-order chi connectivity index (χ1) is 15.7. The summed E-state index contributed by atoms with van der Waals surface area (Å²) in [4.78, 5) is 5.05. The van der Waals surface area contributed by atoms with Crippen molar-refractivity contribution in [3.05, 3.63) is 78.5 Å². The van der Waals surface area contributed by atoms with Gasteiger partial charge in [-0.3, -0.25) is 4.55 Å². The van der Waals surface area contributed by atoms with Crippen LogP contribution in [0.25, 0.3) is 0 Å². The molecule has 0 spiro atoms. The van der Waals surface area contributed by atoms with Gasteiger partial charge in [0.1, 0.15) is 6.54 Å². The van der Waals surface area contributed by atoms with Crippen molar-refractivity contribution >= 4 is 40.1 Å². The predicted octanol–water partition coefficient (Wildman–Crippen LogP) is 4.61. The van der Waals surface area contributed by atoms with E-state index in [0.717, 1.165) is 22.6 Å². The number of hydrogen-bond acceptors (Lipinski definition) is 7. The molecule has 0 aromatic heterocycles. The number of allylic oxidation sites excluding steroid dienone is 3. The normalized spacial score (nSPS) is 15.4. The van der Waals surface area contributed by atoms with Crippen LogP contribution in [0.1, 0.15) is 25.8 Å². The molecule has 33 heavy (non-hydrogen) atoms. The maximum absolute atomic E-state index is 11.2. The van der Waals surface area contributed by atoms with Crippen molar-refractivity contribution in [2.75, 3.05) is 17.6 Å². The first-order valence-corrected chi connectivity index (χ1v) is 12.2. The van der Waals surface area contributed by atoms with Gasteiger partial charge in [-0.25, -0.2) is 0 Å². The van der Waals surface area contributed by atoms with Crippen molar-refractivity contribution in [1.82, 2.24) is 0 Å². The summed E-state index contributed by atoms with van der Waals surface area (Å²) in [6.45, 7) is 4.55. The van der Waals surface area contributed by atoms with Gasteiger partial charge < -0.3 is 10.2 Å². The molecule has 2 aromatic rings. The minimum Gasteiger partial charge on any atom is -0.362 e. The van der Waals surface area contributed by atoms with E-state index < -0.39 is 15.5 Å². The lowest BCUT2D eigenvalue weighted by Gasteiger charge is -2.15. The van der Waals surface area contributed by atoms with Gasteiger partial charge >= 0.3 is 0 Å². The van der Waals surface area contributed by atoms with Crippen LogP contribution in [0.15, 0.2) is 73.0 Å². The zero-order chi connectivity index (χ0) is 23.9. The molecule has 0 fully saturated rings. The fourth-order valence-electron chi connectivity index (χ4n) is 3.79. The fraction of sp³-hybridized carbons (Fsp3) is 0.261. The van der Waals surface area contributed by atoms with Crippen LogP contribution < -0.4 is 10.2 Å². The number of rotatable bonds is 11. The number of fused-ring (bicyclic) bond motifs is 1. The van der Waals surface area contributed by atoms with Crippen LogP contribution in [0, 0.1) is 0 Å². The van der Waals surface area contributed by atoms with Crippen LogP contribution in [0.3, 0.4) is 0 Å². The number of benzene rings is 2. The summed E-state index contributed by atoms with van der Waals surface area (Å²) in [7, 11) is -4.04. The smallest absolute Gasteiger partial charge is 0.265 e. The van der Waals surface area contributed by atoms with Gasteiger partial charge in [0.15, 0.2) is 11.5 Å². The third-order valence-corrected chi connectivity index (χ3v) is 6.16. The lowest BCUT2D eigenvalue weighted by Crippen LogP contribution is -2.28. The molecule has 176 valence electrons. The van der Waals surface area contributed by atoms with Gasteiger partial charge in [-0.1, -0.05) is 24.3 Å². The number of thiol groups is 1. The lowest BCUT2D eigenvalue weighted by atomic mass is 9.81. The van der Waals surface area contributed by atoms with Crippen molar-refractivity contribution in [2.24, 2.45) is 0 Å². The molecule has 1 aliphatic rings. The Kier molecular flexibility index (Phi) is 8.33. The maximum atomic E-state index is 11.2. The van der Waals surface area contributed by atoms with Crippen molar-refractivity contribution in [3.63, 3.8) is 0 Å². The zero-order valence-electron chi connectivity index (χ0n) is 18.3. The third-order valence-electron chi connectivity index (χ3n) is 5.29. The van der Waals surface area contributed by atoms with E-state index in [9.17, 15) is 8.42 Å². The molecule has 0 bridgehead atoms. The minimum atomic E-state index is -4.04. The molecule has 0 atom stereocenters. The third kappa shape index (κ3) is 6.68. The van der Waals surface area contributed by atoms with Crippen LogP contribution in [0.5, 0.6) is 5.75 Å². The highest BCUT2D eigenvalue weighted by molar-refractivity contribution is 7.85. The van der Waals surface area contributed by atoms with Gasteiger partial charge in [0.05, 0.1) is 11.2 Å². The van der Waals surface area contributed by atoms with Gasteiger partial charge in [-0.05, 0) is 49.2 Å². The Labute approximate surface area is 199 Å². The summed E-state index contributed by atoms with van der Waals surface area (Å²) in [5.41, 5.74) is 3.43. The Morgan fingerprint density at radius 1 is 1.15 bits per heavy atom. The molecule has 10 heteroatoms. The largest absolute Gasteiger partial charge is 0.362 e. The molecule has 1 heterocycles. The number of nitrogens with one attached hydrogen (secondary N) is 1. The van der Waals surface area contributed by atoms with Gasteiger partial charge in [0, 0.05) is 48.9 Å². The lowest BCUT2D eigenvalue weighted by molar-refractivity contribution is -0.437. The van der Waals surface area contributed by atoms with Crippen LogP contribution in [-0.4, -0.2) is 35.6 Å². The molecule has 3 rings (SSSR count). The average molecular weight is 492 g/mol. The van der Waals surface area contributed by atoms with Gasteiger partial charge in [-0.2, -0.15) is 13.0 Å². The molecule has 8 nitrogen and oxygen atoms in total. The van der Waals surface area contributed by atoms with Crippen molar-refractivity contribution in [2.45, 2.75) is 25.7 Å². The Morgan fingerprint density at radius 2 is 1.91 bits per heavy atom. The van der Waals surface area contributed by atoms with E-state index in [-0.39, 0.29) is 12.2 Å². The number of anilines is 1. The summed E-state index contributed by atoms with van der Waals surface area (Å²) >= 11 is 3.49. The van der Waals surface area contributed by atoms with Crippen molar-refractivity contribution in [1.29, 1.82) is 0 Å². The summed E-state index contributed by atoms with van der Waals surface area (Å²) in [5.74, 6) is 0.122. The average Bonchev–Trinajstić information content (AvgIpc) is 2.98. The second-order valence-corrected chi connectivity index (χ2v) is 9.66. The molecule has 1 aliphatic heterocycles. The van der Waals surface area contributed by atoms with E-state index in [0.29, 0.717) is 12.3 Å². The first kappa shape index (κ1) is 25.0. The molecular weight excluding hydrogens is 464 g/mol. The monoisotopic (exact) mass is 491 g/mol. The Balaban J connectivity index is 1.86. The Morgan fingerprint density at radius 3 is 2.61 bits per heavy atom. The minimum absolute atomic E-state index is 0.270. The topological polar surface area (TPSA) is 97.1 Å². The molecule has 0 saturated carbocycles. The molecule has 2 N–H and O–H groups in total. The van der Waals surface area contributed by atoms with Crippen LogP contribution >= 0.6 is 12.9 Å². The van der Waals surface area contributed by atoms with Gasteiger partial charge in [0.25, 0.3) is 10.1 Å². The van der Waals surface area contributed by atoms with Gasteiger partial charge in [-0.15, -0.1) is 4.33 Å². The highest BCUT2D eigenvalue weighted by Gasteiger charge is 2.44. The maximum Gasteiger partial charge on any atom is 0.265 e.